The molecule has 0 unspecified atom stereocenters. The van der Waals surface area contributed by atoms with E-state index in [2.05, 4.69) is 10.4 Å². The number of nitrogens with one attached hydrogen (secondary N) is 1. The number of alkyl halides is 3. The third kappa shape index (κ3) is 4.58. The van der Waals surface area contributed by atoms with Gasteiger partial charge in [0.2, 0.25) is 5.91 Å². The minimum absolute atomic E-state index is 0.0231. The fourth-order valence-corrected chi connectivity index (χ4v) is 4.37. The van der Waals surface area contributed by atoms with Crippen LogP contribution in [0.5, 0.6) is 0 Å². The van der Waals surface area contributed by atoms with Crippen LogP contribution in [0, 0.1) is 0 Å². The first kappa shape index (κ1) is 23.2. The monoisotopic (exact) mass is 503 g/mol. The SMILES string of the molecule is Nc1c(C(F)(F)F)nn(C2CC2)c1C(=O)Nc1ccc2c(c1)CCC(=O)N2Cc1ccc(Cl)cc1. The molecule has 1 saturated carbocycles. The topological polar surface area (TPSA) is 93.2 Å². The average Bonchev–Trinajstić information content (AvgIpc) is 3.58. The number of carbonyl (C=O) groups excluding carboxylic acids is 2. The third-order valence-corrected chi connectivity index (χ3v) is 6.37. The van der Waals surface area contributed by atoms with Gasteiger partial charge in [-0.1, -0.05) is 23.7 Å². The molecule has 0 bridgehead atoms. The largest absolute Gasteiger partial charge is 0.437 e. The highest BCUT2D eigenvalue weighted by molar-refractivity contribution is 6.30. The minimum Gasteiger partial charge on any atom is -0.395 e. The molecular weight excluding hydrogens is 483 g/mol. The van der Waals surface area contributed by atoms with E-state index >= 15 is 0 Å². The number of hydrogen-bond acceptors (Lipinski definition) is 4. The van der Waals surface area contributed by atoms with Gasteiger partial charge >= 0.3 is 6.18 Å². The van der Waals surface area contributed by atoms with Gasteiger partial charge < -0.3 is 16.0 Å². The molecule has 0 saturated heterocycles. The maximum Gasteiger partial charge on any atom is 0.437 e. The number of anilines is 3. The van der Waals surface area contributed by atoms with Crippen molar-refractivity contribution in [2.75, 3.05) is 16.0 Å². The lowest BCUT2D eigenvalue weighted by atomic mass is 9.99. The van der Waals surface area contributed by atoms with E-state index in [0.29, 0.717) is 42.9 Å². The van der Waals surface area contributed by atoms with E-state index in [1.165, 1.54) is 0 Å². The number of aryl methyl sites for hydroxylation is 1. The minimum atomic E-state index is -4.76. The Morgan fingerprint density at radius 1 is 1.14 bits per heavy atom. The highest BCUT2D eigenvalue weighted by atomic mass is 35.5. The summed E-state index contributed by atoms with van der Waals surface area (Å²) in [4.78, 5) is 27.3. The molecule has 2 amide bonds. The van der Waals surface area contributed by atoms with Crippen molar-refractivity contribution in [1.82, 2.24) is 9.78 Å². The quantitative estimate of drug-likeness (QED) is 0.500. The van der Waals surface area contributed by atoms with E-state index in [4.69, 9.17) is 17.3 Å². The molecular formula is C24H21ClF3N5O2. The number of hydrogen-bond donors (Lipinski definition) is 2. The standard InChI is InChI=1S/C24H21ClF3N5O2/c25-15-4-1-13(2-5-15)12-32-18-9-6-16(11-14(18)3-10-19(32)34)30-23(35)21-20(29)22(24(26,27)28)31-33(21)17-7-8-17/h1-2,4-6,9,11,17H,3,7-8,10,12,29H2,(H,30,35). The van der Waals surface area contributed by atoms with E-state index in [1.54, 1.807) is 35.2 Å². The van der Waals surface area contributed by atoms with Crippen molar-refractivity contribution in [3.05, 3.63) is 70.0 Å². The lowest BCUT2D eigenvalue weighted by molar-refractivity contribution is -0.140. The molecule has 1 aliphatic carbocycles. The summed E-state index contributed by atoms with van der Waals surface area (Å²) in [6, 6.07) is 12.0. The Balaban J connectivity index is 1.40. The number of nitrogens with two attached hydrogens (primary N) is 1. The van der Waals surface area contributed by atoms with Crippen LogP contribution in [0.1, 0.15) is 52.6 Å². The normalized spacial score (nSPS) is 15.8. The van der Waals surface area contributed by atoms with Gasteiger partial charge in [0, 0.05) is 22.8 Å². The molecule has 182 valence electrons. The Labute approximate surface area is 203 Å². The fraction of sp³-hybridized carbons (Fsp3) is 0.292. The molecule has 3 aromatic rings. The zero-order chi connectivity index (χ0) is 24.9. The van der Waals surface area contributed by atoms with Crippen molar-refractivity contribution in [2.24, 2.45) is 0 Å². The number of benzene rings is 2. The number of rotatable bonds is 5. The first-order valence-corrected chi connectivity index (χ1v) is 11.4. The number of nitrogens with zero attached hydrogens (tertiary/aromatic N) is 3. The summed E-state index contributed by atoms with van der Waals surface area (Å²) in [7, 11) is 0. The highest BCUT2D eigenvalue weighted by Gasteiger charge is 2.42. The molecule has 1 fully saturated rings. The van der Waals surface area contributed by atoms with Gasteiger partial charge in [-0.2, -0.15) is 18.3 Å². The van der Waals surface area contributed by atoms with Crippen molar-refractivity contribution in [2.45, 2.75) is 44.4 Å². The van der Waals surface area contributed by atoms with E-state index in [1.807, 2.05) is 12.1 Å². The molecule has 2 heterocycles. The van der Waals surface area contributed by atoms with Gasteiger partial charge in [-0.25, -0.2) is 0 Å². The van der Waals surface area contributed by atoms with Crippen molar-refractivity contribution in [3.63, 3.8) is 0 Å². The zero-order valence-electron chi connectivity index (χ0n) is 18.4. The number of amides is 2. The number of fused-ring (bicyclic) bond motifs is 1. The second-order valence-corrected chi connectivity index (χ2v) is 9.12. The van der Waals surface area contributed by atoms with Crippen LogP contribution < -0.4 is 16.0 Å². The van der Waals surface area contributed by atoms with Crippen molar-refractivity contribution < 1.29 is 22.8 Å². The van der Waals surface area contributed by atoms with Crippen LogP contribution in [0.2, 0.25) is 5.02 Å². The number of nitrogen functional groups attached to an aromatic ring is 1. The van der Waals surface area contributed by atoms with E-state index < -0.39 is 23.5 Å². The molecule has 35 heavy (non-hydrogen) atoms. The summed E-state index contributed by atoms with van der Waals surface area (Å²) in [6.45, 7) is 0.367. The van der Waals surface area contributed by atoms with Gasteiger partial charge in [-0.15, -0.1) is 0 Å². The Morgan fingerprint density at radius 3 is 2.51 bits per heavy atom. The van der Waals surface area contributed by atoms with Crippen LogP contribution >= 0.6 is 11.6 Å². The van der Waals surface area contributed by atoms with Crippen LogP contribution in [-0.2, 0) is 23.9 Å². The third-order valence-electron chi connectivity index (χ3n) is 6.11. The molecule has 1 aliphatic heterocycles. The predicted octanol–water partition coefficient (Wildman–Crippen LogP) is 5.20. The molecule has 0 spiro atoms. The molecule has 7 nitrogen and oxygen atoms in total. The van der Waals surface area contributed by atoms with Gasteiger partial charge in [-0.05, 0) is 60.7 Å². The smallest absolute Gasteiger partial charge is 0.395 e. The van der Waals surface area contributed by atoms with E-state index in [-0.39, 0.29) is 17.6 Å². The maximum absolute atomic E-state index is 13.3. The van der Waals surface area contributed by atoms with Crippen molar-refractivity contribution >= 4 is 40.5 Å². The van der Waals surface area contributed by atoms with Crippen LogP contribution in [-0.4, -0.2) is 21.6 Å². The number of halogens is 4. The van der Waals surface area contributed by atoms with Crippen LogP contribution in [0.4, 0.5) is 30.2 Å². The summed E-state index contributed by atoms with van der Waals surface area (Å²) in [5, 5.41) is 6.85. The summed E-state index contributed by atoms with van der Waals surface area (Å²) in [5.41, 5.74) is 6.36. The van der Waals surface area contributed by atoms with Gasteiger partial charge in [-0.3, -0.25) is 14.3 Å². The van der Waals surface area contributed by atoms with Gasteiger partial charge in [0.05, 0.1) is 18.3 Å². The lowest BCUT2D eigenvalue weighted by Crippen LogP contribution is -2.34. The molecule has 1 aromatic heterocycles. The van der Waals surface area contributed by atoms with Gasteiger partial charge in [0.15, 0.2) is 5.69 Å². The summed E-state index contributed by atoms with van der Waals surface area (Å²) < 4.78 is 41.0. The first-order chi connectivity index (χ1) is 16.6. The Bertz CT molecular complexity index is 1320. The Hall–Kier alpha value is -3.53. The summed E-state index contributed by atoms with van der Waals surface area (Å²) >= 11 is 5.95. The molecule has 2 aromatic carbocycles. The number of aromatic nitrogens is 2. The molecule has 2 aliphatic rings. The average molecular weight is 504 g/mol. The second kappa shape index (κ2) is 8.60. The molecule has 11 heteroatoms. The van der Waals surface area contributed by atoms with Crippen molar-refractivity contribution in [3.8, 4) is 0 Å². The predicted molar refractivity (Wildman–Crippen MR) is 125 cm³/mol. The van der Waals surface area contributed by atoms with Crippen LogP contribution in [0.3, 0.4) is 0 Å². The fourth-order valence-electron chi connectivity index (χ4n) is 4.24. The summed E-state index contributed by atoms with van der Waals surface area (Å²) in [5.74, 6) is -0.785. The van der Waals surface area contributed by atoms with Crippen LogP contribution in [0.25, 0.3) is 0 Å². The van der Waals surface area contributed by atoms with Crippen molar-refractivity contribution in [1.29, 1.82) is 0 Å². The van der Waals surface area contributed by atoms with Crippen LogP contribution in [0.15, 0.2) is 42.5 Å². The molecule has 0 radical (unpaired) electrons. The zero-order valence-corrected chi connectivity index (χ0v) is 19.2. The Kier molecular flexibility index (Phi) is 5.71. The molecule has 5 rings (SSSR count). The lowest BCUT2D eigenvalue weighted by Gasteiger charge is -2.30. The van der Waals surface area contributed by atoms with E-state index in [9.17, 15) is 22.8 Å². The van der Waals surface area contributed by atoms with E-state index in [0.717, 1.165) is 21.5 Å². The Morgan fingerprint density at radius 2 is 1.86 bits per heavy atom. The molecule has 0 atom stereocenters. The van der Waals surface area contributed by atoms with Gasteiger partial charge in [0.25, 0.3) is 5.91 Å². The molecule has 3 N–H and O–H groups in total. The number of carbonyl (C=O) groups is 2. The maximum atomic E-state index is 13.3. The highest BCUT2D eigenvalue weighted by Crippen LogP contribution is 2.41. The first-order valence-electron chi connectivity index (χ1n) is 11.1. The summed E-state index contributed by atoms with van der Waals surface area (Å²) in [6.07, 6.45) is -2.71. The van der Waals surface area contributed by atoms with Gasteiger partial charge in [0.1, 0.15) is 5.69 Å². The second-order valence-electron chi connectivity index (χ2n) is 8.69.